The summed E-state index contributed by atoms with van der Waals surface area (Å²) in [4.78, 5) is 33.7. The molecule has 0 N–H and O–H groups in total. The van der Waals surface area contributed by atoms with E-state index < -0.39 is 30.8 Å². The smallest absolute Gasteiger partial charge is 0.273 e. The van der Waals surface area contributed by atoms with Crippen LogP contribution in [0.3, 0.4) is 0 Å². The average Bonchev–Trinajstić information content (AvgIpc) is 2.83. The van der Waals surface area contributed by atoms with E-state index in [1.54, 1.807) is 0 Å². The molecule has 23 heavy (non-hydrogen) atoms. The largest absolute Gasteiger partial charge is 0.289 e. The molecule has 0 aromatic heterocycles. The molecule has 1 heterocycles. The molecule has 0 saturated carbocycles. The van der Waals surface area contributed by atoms with Gasteiger partial charge in [0.15, 0.2) is 4.90 Å². The van der Waals surface area contributed by atoms with Gasteiger partial charge in [0.1, 0.15) is 0 Å². The topological polar surface area (TPSA) is 118 Å². The maximum absolute atomic E-state index is 12.5. The molecule has 1 aliphatic heterocycles. The average molecular weight is 359 g/mol. The second-order valence-electron chi connectivity index (χ2n) is 4.65. The molecule has 11 heteroatoms. The SMILES string of the molecule is CN(CCN1C(=O)CSC1=O)S(=O)(=O)c1ccccc1[N+](=O)[O-]. The minimum Gasteiger partial charge on any atom is -0.273 e. The molecule has 0 radical (unpaired) electrons. The monoisotopic (exact) mass is 359 g/mol. The van der Waals surface area contributed by atoms with Gasteiger partial charge in [-0.15, -0.1) is 0 Å². The Morgan fingerprint density at radius 2 is 2.00 bits per heavy atom. The molecule has 2 rings (SSSR count). The lowest BCUT2D eigenvalue weighted by Crippen LogP contribution is -2.38. The summed E-state index contributed by atoms with van der Waals surface area (Å²) < 4.78 is 25.8. The third-order valence-electron chi connectivity index (χ3n) is 3.23. The number of hydrogen-bond acceptors (Lipinski definition) is 7. The van der Waals surface area contributed by atoms with Gasteiger partial charge >= 0.3 is 0 Å². The Morgan fingerprint density at radius 1 is 1.35 bits per heavy atom. The van der Waals surface area contributed by atoms with Crippen LogP contribution in [0.25, 0.3) is 0 Å². The summed E-state index contributed by atoms with van der Waals surface area (Å²) in [5.41, 5.74) is -0.525. The van der Waals surface area contributed by atoms with E-state index in [1.165, 1.54) is 19.2 Å². The summed E-state index contributed by atoms with van der Waals surface area (Å²) in [5.74, 6) is -0.337. The Balaban J connectivity index is 2.18. The Hall–Kier alpha value is -1.98. The van der Waals surface area contributed by atoms with Gasteiger partial charge in [0, 0.05) is 26.2 Å². The van der Waals surface area contributed by atoms with E-state index in [2.05, 4.69) is 0 Å². The molecule has 0 spiro atoms. The predicted octanol–water partition coefficient (Wildman–Crippen LogP) is 0.911. The zero-order chi connectivity index (χ0) is 17.2. The van der Waals surface area contributed by atoms with Crippen LogP contribution in [0.15, 0.2) is 29.2 Å². The first-order valence-corrected chi connectivity index (χ1v) is 8.84. The fourth-order valence-corrected chi connectivity index (χ4v) is 4.02. The summed E-state index contributed by atoms with van der Waals surface area (Å²) in [6, 6.07) is 5.00. The van der Waals surface area contributed by atoms with Crippen LogP contribution in [0.4, 0.5) is 10.5 Å². The zero-order valence-electron chi connectivity index (χ0n) is 12.0. The van der Waals surface area contributed by atoms with Gasteiger partial charge in [0.2, 0.25) is 15.9 Å². The number of amides is 2. The van der Waals surface area contributed by atoms with Crippen LogP contribution < -0.4 is 0 Å². The third-order valence-corrected chi connectivity index (χ3v) is 5.99. The molecule has 1 fully saturated rings. The number of nitrogens with zero attached hydrogens (tertiary/aromatic N) is 3. The van der Waals surface area contributed by atoms with E-state index in [9.17, 15) is 28.1 Å². The van der Waals surface area contributed by atoms with Crippen molar-refractivity contribution >= 4 is 38.6 Å². The van der Waals surface area contributed by atoms with Crippen LogP contribution in [0.5, 0.6) is 0 Å². The van der Waals surface area contributed by atoms with Gasteiger partial charge in [-0.3, -0.25) is 24.6 Å². The number of rotatable bonds is 6. The normalized spacial score (nSPS) is 15.5. The van der Waals surface area contributed by atoms with Crippen molar-refractivity contribution in [3.8, 4) is 0 Å². The van der Waals surface area contributed by atoms with Crippen molar-refractivity contribution in [1.29, 1.82) is 0 Å². The quantitative estimate of drug-likeness (QED) is 0.547. The molecule has 1 aliphatic rings. The number of nitro benzene ring substituents is 1. The molecule has 2 amide bonds. The highest BCUT2D eigenvalue weighted by molar-refractivity contribution is 8.14. The Bertz CT molecular complexity index is 748. The van der Waals surface area contributed by atoms with Crippen LogP contribution in [-0.4, -0.2) is 59.6 Å². The molecule has 0 bridgehead atoms. The van der Waals surface area contributed by atoms with Crippen molar-refractivity contribution in [2.75, 3.05) is 25.9 Å². The molecule has 1 saturated heterocycles. The van der Waals surface area contributed by atoms with Crippen molar-refractivity contribution in [1.82, 2.24) is 9.21 Å². The second-order valence-corrected chi connectivity index (χ2v) is 7.59. The first kappa shape index (κ1) is 17.4. The zero-order valence-corrected chi connectivity index (χ0v) is 13.7. The van der Waals surface area contributed by atoms with Crippen molar-refractivity contribution in [3.63, 3.8) is 0 Å². The minimum absolute atomic E-state index is 0.0411. The van der Waals surface area contributed by atoms with Crippen LogP contribution in [-0.2, 0) is 14.8 Å². The van der Waals surface area contributed by atoms with Gasteiger partial charge in [-0.25, -0.2) is 8.42 Å². The van der Waals surface area contributed by atoms with Gasteiger partial charge < -0.3 is 0 Å². The number of thioether (sulfide) groups is 1. The molecular weight excluding hydrogens is 346 g/mol. The fraction of sp³-hybridized carbons (Fsp3) is 0.333. The molecule has 0 atom stereocenters. The molecule has 0 aliphatic carbocycles. The predicted molar refractivity (Wildman–Crippen MR) is 82.5 cm³/mol. The first-order chi connectivity index (χ1) is 10.7. The number of likely N-dealkylation sites (N-methyl/N-ethyl adjacent to an activating group) is 1. The van der Waals surface area contributed by atoms with E-state index in [-0.39, 0.29) is 24.7 Å². The van der Waals surface area contributed by atoms with Crippen LogP contribution in [0, 0.1) is 10.1 Å². The number of sulfonamides is 1. The highest BCUT2D eigenvalue weighted by atomic mass is 32.2. The fourth-order valence-electron chi connectivity index (χ4n) is 1.95. The molecule has 0 unspecified atom stereocenters. The number of nitro groups is 1. The first-order valence-electron chi connectivity index (χ1n) is 6.42. The summed E-state index contributed by atoms with van der Waals surface area (Å²) >= 11 is 0.856. The van der Waals surface area contributed by atoms with E-state index in [1.807, 2.05) is 0 Å². The Labute approximate surface area is 136 Å². The Morgan fingerprint density at radius 3 is 2.57 bits per heavy atom. The van der Waals surface area contributed by atoms with Gasteiger partial charge in [-0.2, -0.15) is 4.31 Å². The van der Waals surface area contributed by atoms with Gasteiger partial charge in [-0.05, 0) is 6.07 Å². The number of para-hydroxylation sites is 1. The van der Waals surface area contributed by atoms with Gasteiger partial charge in [0.25, 0.3) is 10.9 Å². The molecule has 9 nitrogen and oxygen atoms in total. The lowest BCUT2D eigenvalue weighted by atomic mass is 10.3. The van der Waals surface area contributed by atoms with E-state index >= 15 is 0 Å². The number of benzene rings is 1. The number of hydrogen-bond donors (Lipinski definition) is 0. The van der Waals surface area contributed by atoms with Crippen molar-refractivity contribution in [2.45, 2.75) is 4.90 Å². The van der Waals surface area contributed by atoms with Crippen molar-refractivity contribution in [2.24, 2.45) is 0 Å². The summed E-state index contributed by atoms with van der Waals surface area (Å²) in [7, 11) is -2.87. The number of carbonyl (C=O) groups is 2. The van der Waals surface area contributed by atoms with E-state index in [4.69, 9.17) is 0 Å². The minimum atomic E-state index is -4.11. The van der Waals surface area contributed by atoms with Gasteiger partial charge in [0.05, 0.1) is 10.7 Å². The molecule has 1 aromatic carbocycles. The number of imide groups is 1. The highest BCUT2D eigenvalue weighted by Crippen LogP contribution is 2.26. The summed E-state index contributed by atoms with van der Waals surface area (Å²) in [6.07, 6.45) is 0. The van der Waals surface area contributed by atoms with Crippen LogP contribution >= 0.6 is 11.8 Å². The van der Waals surface area contributed by atoms with Crippen molar-refractivity contribution in [3.05, 3.63) is 34.4 Å². The summed E-state index contributed by atoms with van der Waals surface area (Å²) in [5, 5.41) is 10.5. The van der Waals surface area contributed by atoms with Crippen LogP contribution in [0.2, 0.25) is 0 Å². The maximum atomic E-state index is 12.5. The van der Waals surface area contributed by atoms with Crippen LogP contribution in [0.1, 0.15) is 0 Å². The lowest BCUT2D eigenvalue weighted by molar-refractivity contribution is -0.387. The second kappa shape index (κ2) is 6.64. The lowest BCUT2D eigenvalue weighted by Gasteiger charge is -2.20. The Kier molecular flexibility index (Phi) is 5.02. The van der Waals surface area contributed by atoms with Crippen molar-refractivity contribution < 1.29 is 22.9 Å². The van der Waals surface area contributed by atoms with E-state index in [0.29, 0.717) is 0 Å². The van der Waals surface area contributed by atoms with Gasteiger partial charge in [-0.1, -0.05) is 23.9 Å². The highest BCUT2D eigenvalue weighted by Gasteiger charge is 2.33. The molecular formula is C12H13N3O6S2. The third kappa shape index (κ3) is 3.51. The standard InChI is InChI=1S/C12H13N3O6S2/c1-13(6-7-14-11(16)8-22-12(14)17)23(20,21)10-5-3-2-4-9(10)15(18)19/h2-5H,6-8H2,1H3. The number of carbonyl (C=O) groups excluding carboxylic acids is 2. The molecule has 124 valence electrons. The maximum Gasteiger partial charge on any atom is 0.289 e. The summed E-state index contributed by atoms with van der Waals surface area (Å²) in [6.45, 7) is -0.243. The molecule has 1 aromatic rings. The van der Waals surface area contributed by atoms with E-state index in [0.717, 1.165) is 33.1 Å².